The summed E-state index contributed by atoms with van der Waals surface area (Å²) in [5.41, 5.74) is 2.15. The minimum absolute atomic E-state index is 0.0461. The fourth-order valence-electron chi connectivity index (χ4n) is 3.85. The number of carbonyl (C=O) groups excluding carboxylic acids is 1. The molecule has 150 valence electrons. The topological polar surface area (TPSA) is 61.7 Å². The highest BCUT2D eigenvalue weighted by atomic mass is 16.7. The van der Waals surface area contributed by atoms with Crippen molar-refractivity contribution in [1.82, 2.24) is 4.90 Å². The van der Waals surface area contributed by atoms with Crippen molar-refractivity contribution in [2.75, 3.05) is 39.8 Å². The Balaban J connectivity index is 1.14. The lowest BCUT2D eigenvalue weighted by molar-refractivity contribution is -0.917. The largest absolute Gasteiger partial charge is 0.454 e. The molecule has 1 amide bonds. The van der Waals surface area contributed by atoms with E-state index >= 15 is 0 Å². The fourth-order valence-corrected chi connectivity index (χ4v) is 3.85. The molecule has 0 radical (unpaired) electrons. The predicted molar refractivity (Wildman–Crippen MR) is 105 cm³/mol. The Bertz CT molecular complexity index is 950. The Labute approximate surface area is 169 Å². The van der Waals surface area contributed by atoms with Gasteiger partial charge in [0.2, 0.25) is 19.5 Å². The van der Waals surface area contributed by atoms with E-state index in [2.05, 4.69) is 12.1 Å². The van der Waals surface area contributed by atoms with E-state index in [0.717, 1.165) is 61.3 Å². The van der Waals surface area contributed by atoms with Crippen LogP contribution in [-0.2, 0) is 11.3 Å². The number of fused-ring (bicyclic) bond motifs is 2. The molecule has 7 heteroatoms. The smallest absolute Gasteiger partial charge is 0.246 e. The molecule has 0 spiro atoms. The number of benzene rings is 2. The molecule has 0 unspecified atom stereocenters. The summed E-state index contributed by atoms with van der Waals surface area (Å²) in [7, 11) is 0. The molecule has 0 bridgehead atoms. The summed E-state index contributed by atoms with van der Waals surface area (Å²) in [6, 6.07) is 11.8. The molecule has 1 saturated heterocycles. The van der Waals surface area contributed by atoms with Crippen LogP contribution in [0.3, 0.4) is 0 Å². The van der Waals surface area contributed by atoms with Crippen molar-refractivity contribution in [3.8, 4) is 23.0 Å². The summed E-state index contributed by atoms with van der Waals surface area (Å²) in [6.07, 6.45) is 3.47. The van der Waals surface area contributed by atoms with Crippen LogP contribution in [-0.4, -0.2) is 50.6 Å². The average molecular weight is 395 g/mol. The lowest BCUT2D eigenvalue weighted by Gasteiger charge is -2.31. The normalized spacial score (nSPS) is 17.9. The van der Waals surface area contributed by atoms with Gasteiger partial charge in [0, 0.05) is 11.6 Å². The summed E-state index contributed by atoms with van der Waals surface area (Å²) in [5, 5.41) is 0. The number of quaternary nitrogens is 1. The van der Waals surface area contributed by atoms with E-state index in [-0.39, 0.29) is 12.7 Å². The second kappa shape index (κ2) is 7.67. The summed E-state index contributed by atoms with van der Waals surface area (Å²) in [4.78, 5) is 15.9. The standard InChI is InChI=1S/C22H22N2O5/c25-22(6-3-16-1-4-18-20(11-16)28-14-26-18)24-9-7-23(8-10-24)13-17-2-5-19-21(12-17)29-15-27-19/h1-6,11-12H,7-10,13-15H2/p+1/b6-3+. The Hall–Kier alpha value is -3.19. The highest BCUT2D eigenvalue weighted by molar-refractivity contribution is 5.91. The van der Waals surface area contributed by atoms with Crippen LogP contribution < -0.4 is 23.8 Å². The molecule has 2 aromatic rings. The first kappa shape index (κ1) is 17.9. The van der Waals surface area contributed by atoms with E-state index < -0.39 is 0 Å². The van der Waals surface area contributed by atoms with Crippen molar-refractivity contribution in [3.05, 3.63) is 53.6 Å². The number of nitrogens with one attached hydrogen (secondary N) is 1. The number of ether oxygens (including phenoxy) is 4. The van der Waals surface area contributed by atoms with Crippen LogP contribution in [0, 0.1) is 0 Å². The number of carbonyl (C=O) groups is 1. The molecule has 3 aliphatic rings. The highest BCUT2D eigenvalue weighted by Gasteiger charge is 2.23. The van der Waals surface area contributed by atoms with Gasteiger partial charge in [0.15, 0.2) is 23.0 Å². The molecule has 1 N–H and O–H groups in total. The maximum atomic E-state index is 12.5. The monoisotopic (exact) mass is 395 g/mol. The highest BCUT2D eigenvalue weighted by Crippen LogP contribution is 2.33. The Morgan fingerprint density at radius 3 is 2.31 bits per heavy atom. The first-order chi connectivity index (χ1) is 14.2. The first-order valence-electron chi connectivity index (χ1n) is 9.83. The molecular weight excluding hydrogens is 372 g/mol. The number of piperazine rings is 1. The van der Waals surface area contributed by atoms with E-state index in [9.17, 15) is 4.79 Å². The molecule has 3 heterocycles. The Morgan fingerprint density at radius 2 is 1.55 bits per heavy atom. The predicted octanol–water partition coefficient (Wildman–Crippen LogP) is 1.08. The van der Waals surface area contributed by atoms with Crippen LogP contribution in [0.4, 0.5) is 0 Å². The van der Waals surface area contributed by atoms with Crippen molar-refractivity contribution < 1.29 is 28.6 Å². The van der Waals surface area contributed by atoms with Gasteiger partial charge in [0.05, 0.1) is 26.2 Å². The molecule has 0 atom stereocenters. The van der Waals surface area contributed by atoms with Crippen LogP contribution in [0.5, 0.6) is 23.0 Å². The number of hydrogen-bond acceptors (Lipinski definition) is 5. The minimum atomic E-state index is 0.0461. The number of rotatable bonds is 4. The van der Waals surface area contributed by atoms with Crippen molar-refractivity contribution in [2.24, 2.45) is 0 Å². The van der Waals surface area contributed by atoms with Gasteiger partial charge in [0.25, 0.3) is 0 Å². The van der Waals surface area contributed by atoms with Gasteiger partial charge >= 0.3 is 0 Å². The zero-order valence-electron chi connectivity index (χ0n) is 16.1. The van der Waals surface area contributed by atoms with E-state index in [1.54, 1.807) is 6.08 Å². The molecule has 29 heavy (non-hydrogen) atoms. The third kappa shape index (κ3) is 3.86. The third-order valence-corrected chi connectivity index (χ3v) is 5.49. The third-order valence-electron chi connectivity index (χ3n) is 5.49. The Kier molecular flexibility index (Phi) is 4.73. The lowest BCUT2D eigenvalue weighted by Crippen LogP contribution is -3.13. The van der Waals surface area contributed by atoms with Crippen molar-refractivity contribution in [1.29, 1.82) is 0 Å². The van der Waals surface area contributed by atoms with Crippen LogP contribution in [0.25, 0.3) is 6.08 Å². The van der Waals surface area contributed by atoms with Gasteiger partial charge in [-0.25, -0.2) is 0 Å². The van der Waals surface area contributed by atoms with Crippen LogP contribution in [0.1, 0.15) is 11.1 Å². The maximum Gasteiger partial charge on any atom is 0.246 e. The van der Waals surface area contributed by atoms with Gasteiger partial charge in [-0.15, -0.1) is 0 Å². The molecule has 0 saturated carbocycles. The molecule has 1 fully saturated rings. The van der Waals surface area contributed by atoms with Crippen molar-refractivity contribution in [3.63, 3.8) is 0 Å². The van der Waals surface area contributed by atoms with E-state index in [0.29, 0.717) is 6.79 Å². The van der Waals surface area contributed by atoms with Crippen LogP contribution in [0.15, 0.2) is 42.5 Å². The minimum Gasteiger partial charge on any atom is -0.454 e. The number of nitrogens with zero attached hydrogens (tertiary/aromatic N) is 1. The fraction of sp³-hybridized carbons (Fsp3) is 0.318. The summed E-state index contributed by atoms with van der Waals surface area (Å²) < 4.78 is 21.5. The van der Waals surface area contributed by atoms with Crippen LogP contribution >= 0.6 is 0 Å². The quantitative estimate of drug-likeness (QED) is 0.786. The summed E-state index contributed by atoms with van der Waals surface area (Å²) in [5.74, 6) is 3.15. The van der Waals surface area contributed by atoms with Gasteiger partial charge < -0.3 is 28.7 Å². The van der Waals surface area contributed by atoms with Crippen molar-refractivity contribution in [2.45, 2.75) is 6.54 Å². The van der Waals surface area contributed by atoms with Gasteiger partial charge in [-0.05, 0) is 42.0 Å². The molecule has 3 aliphatic heterocycles. The van der Waals surface area contributed by atoms with Gasteiger partial charge in [-0.1, -0.05) is 6.07 Å². The van der Waals surface area contributed by atoms with Crippen LogP contribution in [0.2, 0.25) is 0 Å². The average Bonchev–Trinajstić information content (AvgIpc) is 3.41. The van der Waals surface area contributed by atoms with Gasteiger partial charge in [-0.3, -0.25) is 4.79 Å². The lowest BCUT2D eigenvalue weighted by atomic mass is 10.1. The summed E-state index contributed by atoms with van der Waals surface area (Å²) in [6.45, 7) is 4.84. The molecule has 5 rings (SSSR count). The molecule has 2 aromatic carbocycles. The number of amides is 1. The molecular formula is C22H23N2O5+. The molecule has 7 nitrogen and oxygen atoms in total. The van der Waals surface area contributed by atoms with E-state index in [1.807, 2.05) is 35.2 Å². The maximum absolute atomic E-state index is 12.5. The van der Waals surface area contributed by atoms with Gasteiger partial charge in [0.1, 0.15) is 6.54 Å². The zero-order chi connectivity index (χ0) is 19.6. The Morgan fingerprint density at radius 1 is 0.897 bits per heavy atom. The van der Waals surface area contributed by atoms with Crippen molar-refractivity contribution >= 4 is 12.0 Å². The van der Waals surface area contributed by atoms with E-state index in [4.69, 9.17) is 18.9 Å². The second-order valence-electron chi connectivity index (χ2n) is 7.39. The molecule has 0 aliphatic carbocycles. The van der Waals surface area contributed by atoms with Gasteiger partial charge in [-0.2, -0.15) is 0 Å². The second-order valence-corrected chi connectivity index (χ2v) is 7.39. The first-order valence-corrected chi connectivity index (χ1v) is 9.83. The summed E-state index contributed by atoms with van der Waals surface area (Å²) >= 11 is 0. The zero-order valence-corrected chi connectivity index (χ0v) is 16.1. The SMILES string of the molecule is O=C(/C=C/c1ccc2c(c1)OCO2)N1CC[NH+](Cc2ccc3c(c2)OCO3)CC1. The number of hydrogen-bond donors (Lipinski definition) is 1. The van der Waals surface area contributed by atoms with E-state index in [1.165, 1.54) is 10.5 Å². The molecule has 0 aromatic heterocycles.